The van der Waals surface area contributed by atoms with Crippen molar-refractivity contribution in [3.8, 4) is 0 Å². The molecule has 0 aliphatic carbocycles. The number of rotatable bonds is 4. The standard InChI is InChI=1S/C17H17ClN2O2/c1-2-15(12-7-4-3-5-8-12)17(22)20-19-16(21)13-9-6-10-14(18)11-13/h3-11,15H,2H2,1H3,(H,19,21)(H,20,22). The summed E-state index contributed by atoms with van der Waals surface area (Å²) in [7, 11) is 0. The average Bonchev–Trinajstić information content (AvgIpc) is 2.54. The first-order valence-corrected chi connectivity index (χ1v) is 7.40. The summed E-state index contributed by atoms with van der Waals surface area (Å²) in [5.74, 6) is -0.955. The van der Waals surface area contributed by atoms with Gasteiger partial charge in [0, 0.05) is 10.6 Å². The molecule has 2 N–H and O–H groups in total. The molecular formula is C17H17ClN2O2. The maximum absolute atomic E-state index is 12.2. The topological polar surface area (TPSA) is 58.2 Å². The van der Waals surface area contributed by atoms with E-state index in [-0.39, 0.29) is 11.8 Å². The molecule has 5 heteroatoms. The molecule has 22 heavy (non-hydrogen) atoms. The van der Waals surface area contributed by atoms with Gasteiger partial charge < -0.3 is 0 Å². The Morgan fingerprint density at radius 3 is 2.41 bits per heavy atom. The van der Waals surface area contributed by atoms with Gasteiger partial charge in [-0.3, -0.25) is 20.4 Å². The van der Waals surface area contributed by atoms with Crippen LogP contribution >= 0.6 is 11.6 Å². The van der Waals surface area contributed by atoms with Crippen LogP contribution in [-0.4, -0.2) is 11.8 Å². The van der Waals surface area contributed by atoms with Gasteiger partial charge in [0.05, 0.1) is 5.92 Å². The van der Waals surface area contributed by atoms with Gasteiger partial charge >= 0.3 is 0 Å². The fourth-order valence-corrected chi connectivity index (χ4v) is 2.36. The predicted molar refractivity (Wildman–Crippen MR) is 86.5 cm³/mol. The van der Waals surface area contributed by atoms with Gasteiger partial charge in [0.1, 0.15) is 0 Å². The molecule has 1 unspecified atom stereocenters. The van der Waals surface area contributed by atoms with E-state index in [1.54, 1.807) is 18.2 Å². The fourth-order valence-electron chi connectivity index (χ4n) is 2.17. The lowest BCUT2D eigenvalue weighted by atomic mass is 9.96. The predicted octanol–water partition coefficient (Wildman–Crippen LogP) is 3.29. The highest BCUT2D eigenvalue weighted by Gasteiger charge is 2.19. The minimum absolute atomic E-state index is 0.246. The van der Waals surface area contributed by atoms with Crippen LogP contribution in [0.5, 0.6) is 0 Å². The van der Waals surface area contributed by atoms with E-state index in [0.29, 0.717) is 17.0 Å². The molecule has 114 valence electrons. The van der Waals surface area contributed by atoms with E-state index in [1.165, 1.54) is 6.07 Å². The van der Waals surface area contributed by atoms with Crippen molar-refractivity contribution in [1.29, 1.82) is 0 Å². The van der Waals surface area contributed by atoms with Crippen molar-refractivity contribution in [2.45, 2.75) is 19.3 Å². The van der Waals surface area contributed by atoms with Crippen molar-refractivity contribution in [3.05, 3.63) is 70.7 Å². The minimum Gasteiger partial charge on any atom is -0.273 e. The molecule has 0 saturated heterocycles. The molecule has 1 atom stereocenters. The minimum atomic E-state index is -0.404. The number of amides is 2. The molecule has 0 spiro atoms. The Morgan fingerprint density at radius 2 is 1.77 bits per heavy atom. The van der Waals surface area contributed by atoms with E-state index >= 15 is 0 Å². The summed E-state index contributed by atoms with van der Waals surface area (Å²) < 4.78 is 0. The second-order valence-electron chi connectivity index (χ2n) is 4.83. The summed E-state index contributed by atoms with van der Waals surface area (Å²) in [6.45, 7) is 1.93. The zero-order valence-corrected chi connectivity index (χ0v) is 12.9. The Bertz CT molecular complexity index is 659. The Balaban J connectivity index is 1.98. The van der Waals surface area contributed by atoms with Gasteiger partial charge in [0.2, 0.25) is 5.91 Å². The van der Waals surface area contributed by atoms with E-state index < -0.39 is 5.91 Å². The molecule has 2 amide bonds. The first kappa shape index (κ1) is 16.0. The number of carbonyl (C=O) groups is 2. The van der Waals surface area contributed by atoms with Crippen LogP contribution in [-0.2, 0) is 4.79 Å². The maximum Gasteiger partial charge on any atom is 0.269 e. The van der Waals surface area contributed by atoms with Gasteiger partial charge in [-0.1, -0.05) is 54.9 Å². The van der Waals surface area contributed by atoms with Gasteiger partial charge in [-0.2, -0.15) is 0 Å². The zero-order chi connectivity index (χ0) is 15.9. The highest BCUT2D eigenvalue weighted by atomic mass is 35.5. The molecule has 0 aliphatic heterocycles. The largest absolute Gasteiger partial charge is 0.273 e. The number of hydrogen-bond donors (Lipinski definition) is 2. The van der Waals surface area contributed by atoms with Gasteiger partial charge in [-0.15, -0.1) is 0 Å². The van der Waals surface area contributed by atoms with Crippen molar-refractivity contribution in [2.75, 3.05) is 0 Å². The van der Waals surface area contributed by atoms with Gasteiger partial charge in [-0.25, -0.2) is 0 Å². The number of carbonyl (C=O) groups excluding carboxylic acids is 2. The van der Waals surface area contributed by atoms with Crippen molar-refractivity contribution in [1.82, 2.24) is 10.9 Å². The zero-order valence-electron chi connectivity index (χ0n) is 12.2. The summed E-state index contributed by atoms with van der Waals surface area (Å²) >= 11 is 5.84. The quantitative estimate of drug-likeness (QED) is 0.850. The second-order valence-corrected chi connectivity index (χ2v) is 5.26. The number of hydrogen-bond acceptors (Lipinski definition) is 2. The second kappa shape index (κ2) is 7.61. The SMILES string of the molecule is CCC(C(=O)NNC(=O)c1cccc(Cl)c1)c1ccccc1. The molecule has 0 saturated carbocycles. The third-order valence-corrected chi connectivity index (χ3v) is 3.55. The maximum atomic E-state index is 12.2. The molecule has 4 nitrogen and oxygen atoms in total. The van der Waals surface area contributed by atoms with E-state index in [2.05, 4.69) is 10.9 Å². The number of nitrogens with one attached hydrogen (secondary N) is 2. The highest BCUT2D eigenvalue weighted by molar-refractivity contribution is 6.30. The summed E-state index contributed by atoms with van der Waals surface area (Å²) in [5, 5.41) is 0.467. The molecule has 0 aliphatic rings. The lowest BCUT2D eigenvalue weighted by molar-refractivity contribution is -0.123. The Labute approximate surface area is 134 Å². The average molecular weight is 317 g/mol. The molecule has 2 aromatic rings. The molecular weight excluding hydrogens is 300 g/mol. The monoisotopic (exact) mass is 316 g/mol. The molecule has 0 heterocycles. The Morgan fingerprint density at radius 1 is 1.05 bits per heavy atom. The van der Waals surface area contributed by atoms with Crippen LogP contribution in [0.2, 0.25) is 5.02 Å². The van der Waals surface area contributed by atoms with Gasteiger partial charge in [-0.05, 0) is 30.2 Å². The first-order chi connectivity index (χ1) is 10.6. The summed E-state index contributed by atoms with van der Waals surface area (Å²) in [6.07, 6.45) is 0.642. The van der Waals surface area contributed by atoms with Crippen LogP contribution in [0.25, 0.3) is 0 Å². The molecule has 0 bridgehead atoms. The highest BCUT2D eigenvalue weighted by Crippen LogP contribution is 2.18. The van der Waals surface area contributed by atoms with Crippen molar-refractivity contribution < 1.29 is 9.59 Å². The molecule has 0 fully saturated rings. The van der Waals surface area contributed by atoms with Gasteiger partial charge in [0.25, 0.3) is 5.91 Å². The van der Waals surface area contributed by atoms with Crippen molar-refractivity contribution >= 4 is 23.4 Å². The number of benzene rings is 2. The summed E-state index contributed by atoms with van der Waals surface area (Å²) in [4.78, 5) is 24.2. The van der Waals surface area contributed by atoms with E-state index in [0.717, 1.165) is 5.56 Å². The fraction of sp³-hybridized carbons (Fsp3) is 0.176. The summed E-state index contributed by atoms with van der Waals surface area (Å²) in [6, 6.07) is 16.0. The number of halogens is 1. The van der Waals surface area contributed by atoms with Crippen LogP contribution in [0.3, 0.4) is 0 Å². The van der Waals surface area contributed by atoms with E-state index in [9.17, 15) is 9.59 Å². The van der Waals surface area contributed by atoms with Crippen LogP contribution in [0.1, 0.15) is 35.2 Å². The molecule has 2 aromatic carbocycles. The first-order valence-electron chi connectivity index (χ1n) is 7.02. The van der Waals surface area contributed by atoms with Crippen LogP contribution in [0.4, 0.5) is 0 Å². The molecule has 2 rings (SSSR count). The van der Waals surface area contributed by atoms with Crippen LogP contribution in [0.15, 0.2) is 54.6 Å². The van der Waals surface area contributed by atoms with E-state index in [1.807, 2.05) is 37.3 Å². The molecule has 0 aromatic heterocycles. The third-order valence-electron chi connectivity index (χ3n) is 3.31. The summed E-state index contributed by atoms with van der Waals surface area (Å²) in [5.41, 5.74) is 6.19. The lowest BCUT2D eigenvalue weighted by Crippen LogP contribution is -2.43. The third kappa shape index (κ3) is 4.09. The molecule has 0 radical (unpaired) electrons. The van der Waals surface area contributed by atoms with Crippen LogP contribution in [0, 0.1) is 0 Å². The van der Waals surface area contributed by atoms with Crippen LogP contribution < -0.4 is 10.9 Å². The van der Waals surface area contributed by atoms with Crippen molar-refractivity contribution in [3.63, 3.8) is 0 Å². The normalized spacial score (nSPS) is 11.5. The Kier molecular flexibility index (Phi) is 5.55. The smallest absolute Gasteiger partial charge is 0.269 e. The van der Waals surface area contributed by atoms with Gasteiger partial charge in [0.15, 0.2) is 0 Å². The van der Waals surface area contributed by atoms with E-state index in [4.69, 9.17) is 11.6 Å². The Hall–Kier alpha value is -2.33. The number of hydrazine groups is 1. The lowest BCUT2D eigenvalue weighted by Gasteiger charge is -2.15. The van der Waals surface area contributed by atoms with Crippen molar-refractivity contribution in [2.24, 2.45) is 0 Å².